The minimum absolute atomic E-state index is 0.636. The van der Waals surface area contributed by atoms with E-state index in [9.17, 15) is 0 Å². The molecular formula is C19H21ClN2. The lowest BCUT2D eigenvalue weighted by molar-refractivity contribution is 0.523. The molecule has 0 saturated carbocycles. The number of hydrogen-bond acceptors (Lipinski definition) is 2. The number of fused-ring (bicyclic) bond motifs is 1. The van der Waals surface area contributed by atoms with Crippen molar-refractivity contribution < 1.29 is 0 Å². The van der Waals surface area contributed by atoms with E-state index in [0.717, 1.165) is 44.0 Å². The number of nitrogens with zero attached hydrogens (tertiary/aromatic N) is 1. The third kappa shape index (κ3) is 2.51. The first kappa shape index (κ1) is 14.1. The van der Waals surface area contributed by atoms with Gasteiger partial charge in [0.2, 0.25) is 0 Å². The van der Waals surface area contributed by atoms with Crippen molar-refractivity contribution in [2.45, 2.75) is 18.8 Å². The van der Waals surface area contributed by atoms with Crippen LogP contribution in [0.2, 0.25) is 5.02 Å². The molecule has 0 amide bonds. The fraction of sp³-hybridized carbons (Fsp3) is 0.368. The van der Waals surface area contributed by atoms with Crippen LogP contribution in [-0.2, 0) is 12.8 Å². The molecule has 1 fully saturated rings. The van der Waals surface area contributed by atoms with Crippen molar-refractivity contribution in [1.29, 1.82) is 0 Å². The minimum atomic E-state index is 0.636. The fourth-order valence-corrected chi connectivity index (χ4v) is 3.96. The number of nitrogens with one attached hydrogen (secondary N) is 1. The summed E-state index contributed by atoms with van der Waals surface area (Å²) in [4.78, 5) is 2.46. The third-order valence-electron chi connectivity index (χ3n) is 4.92. The number of hydrogen-bond donors (Lipinski definition) is 1. The summed E-state index contributed by atoms with van der Waals surface area (Å²) >= 11 is 6.55. The summed E-state index contributed by atoms with van der Waals surface area (Å²) in [6.07, 6.45) is 2.19. The molecule has 2 aliphatic heterocycles. The summed E-state index contributed by atoms with van der Waals surface area (Å²) in [5, 5.41) is 4.40. The highest BCUT2D eigenvalue weighted by Gasteiger charge is 2.31. The van der Waals surface area contributed by atoms with Gasteiger partial charge in [-0.05, 0) is 48.7 Å². The smallest absolute Gasteiger partial charge is 0.0642 e. The van der Waals surface area contributed by atoms with Crippen molar-refractivity contribution in [3.63, 3.8) is 0 Å². The Bertz CT molecular complexity index is 663. The highest BCUT2D eigenvalue weighted by atomic mass is 35.5. The van der Waals surface area contributed by atoms with Gasteiger partial charge in [0.15, 0.2) is 0 Å². The zero-order valence-electron chi connectivity index (χ0n) is 12.7. The standard InChI is InChI=1S/C19H21ClN2/c20-18-7-6-15-8-10-21-11-9-17(15)19(18)22-12-16(13-22)14-4-2-1-3-5-14/h1-7,16,21H,8-13H2. The Morgan fingerprint density at radius 1 is 0.955 bits per heavy atom. The van der Waals surface area contributed by atoms with Crippen LogP contribution in [0.3, 0.4) is 0 Å². The molecule has 1 saturated heterocycles. The molecule has 22 heavy (non-hydrogen) atoms. The van der Waals surface area contributed by atoms with E-state index in [1.807, 2.05) is 0 Å². The Balaban J connectivity index is 1.59. The van der Waals surface area contributed by atoms with E-state index in [4.69, 9.17) is 11.6 Å². The second-order valence-electron chi connectivity index (χ2n) is 6.30. The second kappa shape index (κ2) is 5.94. The maximum atomic E-state index is 6.55. The summed E-state index contributed by atoms with van der Waals surface area (Å²) in [6.45, 7) is 4.28. The molecule has 0 aromatic heterocycles. The van der Waals surface area contributed by atoms with E-state index in [1.165, 1.54) is 22.4 Å². The molecular weight excluding hydrogens is 292 g/mol. The largest absolute Gasteiger partial charge is 0.369 e. The Morgan fingerprint density at radius 2 is 1.73 bits per heavy atom. The maximum Gasteiger partial charge on any atom is 0.0642 e. The van der Waals surface area contributed by atoms with Crippen LogP contribution in [-0.4, -0.2) is 26.2 Å². The predicted octanol–water partition coefficient (Wildman–Crippen LogP) is 3.63. The van der Waals surface area contributed by atoms with Gasteiger partial charge in [-0.1, -0.05) is 48.0 Å². The Kier molecular flexibility index (Phi) is 3.81. The van der Waals surface area contributed by atoms with Gasteiger partial charge in [0, 0.05) is 19.0 Å². The van der Waals surface area contributed by atoms with Crippen molar-refractivity contribution in [2.75, 3.05) is 31.1 Å². The molecule has 0 unspecified atom stereocenters. The molecule has 0 aliphatic carbocycles. The first-order valence-corrected chi connectivity index (χ1v) is 8.51. The van der Waals surface area contributed by atoms with E-state index in [-0.39, 0.29) is 0 Å². The van der Waals surface area contributed by atoms with Crippen LogP contribution in [0.25, 0.3) is 0 Å². The summed E-state index contributed by atoms with van der Waals surface area (Å²) in [5.41, 5.74) is 5.66. The normalized spacial score (nSPS) is 18.5. The van der Waals surface area contributed by atoms with Gasteiger partial charge in [0.05, 0.1) is 10.7 Å². The highest BCUT2D eigenvalue weighted by Crippen LogP contribution is 2.39. The van der Waals surface area contributed by atoms with Gasteiger partial charge < -0.3 is 10.2 Å². The van der Waals surface area contributed by atoms with Gasteiger partial charge in [-0.25, -0.2) is 0 Å². The quantitative estimate of drug-likeness (QED) is 0.911. The Labute approximate surface area is 137 Å². The average molecular weight is 313 g/mol. The van der Waals surface area contributed by atoms with Crippen LogP contribution in [0, 0.1) is 0 Å². The number of anilines is 1. The molecule has 3 heteroatoms. The van der Waals surface area contributed by atoms with Crippen LogP contribution in [0.5, 0.6) is 0 Å². The van der Waals surface area contributed by atoms with Crippen molar-refractivity contribution in [2.24, 2.45) is 0 Å². The average Bonchev–Trinajstić information content (AvgIpc) is 2.74. The monoisotopic (exact) mass is 312 g/mol. The predicted molar refractivity (Wildman–Crippen MR) is 93.1 cm³/mol. The molecule has 0 radical (unpaired) electrons. The highest BCUT2D eigenvalue weighted by molar-refractivity contribution is 6.33. The van der Waals surface area contributed by atoms with Crippen LogP contribution < -0.4 is 10.2 Å². The van der Waals surface area contributed by atoms with E-state index >= 15 is 0 Å². The van der Waals surface area contributed by atoms with E-state index in [1.54, 1.807) is 0 Å². The number of rotatable bonds is 2. The molecule has 2 aromatic rings. The molecule has 4 rings (SSSR count). The van der Waals surface area contributed by atoms with E-state index in [2.05, 4.69) is 52.7 Å². The molecule has 2 aliphatic rings. The zero-order chi connectivity index (χ0) is 14.9. The van der Waals surface area contributed by atoms with Gasteiger partial charge in [0.1, 0.15) is 0 Å². The molecule has 2 nitrogen and oxygen atoms in total. The lowest BCUT2D eigenvalue weighted by Gasteiger charge is -2.43. The molecule has 2 heterocycles. The minimum Gasteiger partial charge on any atom is -0.369 e. The third-order valence-corrected chi connectivity index (χ3v) is 5.23. The van der Waals surface area contributed by atoms with Gasteiger partial charge >= 0.3 is 0 Å². The van der Waals surface area contributed by atoms with Crippen molar-refractivity contribution in [3.8, 4) is 0 Å². The number of benzene rings is 2. The summed E-state index contributed by atoms with van der Waals surface area (Å²) in [5.74, 6) is 0.636. The van der Waals surface area contributed by atoms with Gasteiger partial charge in [-0.15, -0.1) is 0 Å². The summed E-state index contributed by atoms with van der Waals surface area (Å²) in [6, 6.07) is 15.1. The molecule has 114 valence electrons. The molecule has 2 aromatic carbocycles. The van der Waals surface area contributed by atoms with E-state index in [0.29, 0.717) is 5.92 Å². The molecule has 0 spiro atoms. The van der Waals surface area contributed by atoms with Crippen LogP contribution >= 0.6 is 11.6 Å². The summed E-state index contributed by atoms with van der Waals surface area (Å²) in [7, 11) is 0. The zero-order valence-corrected chi connectivity index (χ0v) is 13.4. The Hall–Kier alpha value is -1.51. The summed E-state index contributed by atoms with van der Waals surface area (Å²) < 4.78 is 0. The van der Waals surface area contributed by atoms with Crippen molar-refractivity contribution >= 4 is 17.3 Å². The van der Waals surface area contributed by atoms with Gasteiger partial charge in [0.25, 0.3) is 0 Å². The lowest BCUT2D eigenvalue weighted by atomic mass is 9.89. The second-order valence-corrected chi connectivity index (χ2v) is 6.70. The SMILES string of the molecule is Clc1ccc2c(c1N1CC(c3ccccc3)C1)CCNCC2. The fourth-order valence-electron chi connectivity index (χ4n) is 3.66. The Morgan fingerprint density at radius 3 is 2.55 bits per heavy atom. The van der Waals surface area contributed by atoms with E-state index < -0.39 is 0 Å². The van der Waals surface area contributed by atoms with Gasteiger partial charge in [-0.3, -0.25) is 0 Å². The van der Waals surface area contributed by atoms with Crippen LogP contribution in [0.1, 0.15) is 22.6 Å². The molecule has 0 atom stereocenters. The van der Waals surface area contributed by atoms with Gasteiger partial charge in [-0.2, -0.15) is 0 Å². The van der Waals surface area contributed by atoms with Crippen LogP contribution in [0.15, 0.2) is 42.5 Å². The molecule has 1 N–H and O–H groups in total. The van der Waals surface area contributed by atoms with Crippen molar-refractivity contribution in [3.05, 3.63) is 64.2 Å². The maximum absolute atomic E-state index is 6.55. The first-order valence-electron chi connectivity index (χ1n) is 8.14. The number of halogens is 1. The molecule has 0 bridgehead atoms. The topological polar surface area (TPSA) is 15.3 Å². The van der Waals surface area contributed by atoms with Crippen LogP contribution in [0.4, 0.5) is 5.69 Å². The lowest BCUT2D eigenvalue weighted by Crippen LogP contribution is -2.45. The first-order chi connectivity index (χ1) is 10.8. The van der Waals surface area contributed by atoms with Crippen molar-refractivity contribution in [1.82, 2.24) is 5.32 Å².